The number of hydrogen-bond donors (Lipinski definition) is 1. The molecule has 0 spiro atoms. The van der Waals surface area contributed by atoms with E-state index in [-0.39, 0.29) is 12.0 Å². The molecule has 0 aliphatic heterocycles. The Morgan fingerprint density at radius 1 is 1.41 bits per heavy atom. The summed E-state index contributed by atoms with van der Waals surface area (Å²) in [7, 11) is 0. The molecule has 0 radical (unpaired) electrons. The van der Waals surface area contributed by atoms with E-state index in [0.717, 1.165) is 27.9 Å². The van der Waals surface area contributed by atoms with Crippen molar-refractivity contribution in [2.75, 3.05) is 0 Å². The molecule has 90 valence electrons. The second-order valence-electron chi connectivity index (χ2n) is 4.16. The second kappa shape index (κ2) is 4.51. The standard InChI is InChI=1S/C11H11BrN2O2S/c12-9-5-4-8(17-9)10-13-11(16-14-10)6-2-1-3-7(6)15/h4-7,15H,1-3H2. The van der Waals surface area contributed by atoms with Gasteiger partial charge in [-0.1, -0.05) is 5.16 Å². The van der Waals surface area contributed by atoms with Crippen molar-refractivity contribution in [3.05, 3.63) is 21.8 Å². The van der Waals surface area contributed by atoms with Crippen LogP contribution in [0.3, 0.4) is 0 Å². The minimum atomic E-state index is -0.335. The Balaban J connectivity index is 1.87. The largest absolute Gasteiger partial charge is 0.392 e. The number of hydrogen-bond acceptors (Lipinski definition) is 5. The van der Waals surface area contributed by atoms with Gasteiger partial charge in [0.15, 0.2) is 0 Å². The summed E-state index contributed by atoms with van der Waals surface area (Å²) >= 11 is 4.97. The van der Waals surface area contributed by atoms with Crippen LogP contribution in [-0.2, 0) is 0 Å². The number of halogens is 1. The normalized spacial score (nSPS) is 24.4. The average Bonchev–Trinajstić information content (AvgIpc) is 2.97. The monoisotopic (exact) mass is 314 g/mol. The first-order valence-corrected chi connectivity index (χ1v) is 7.12. The predicted molar refractivity (Wildman–Crippen MR) is 67.9 cm³/mol. The van der Waals surface area contributed by atoms with Gasteiger partial charge >= 0.3 is 0 Å². The Labute approximate surface area is 111 Å². The third kappa shape index (κ3) is 2.17. The zero-order valence-corrected chi connectivity index (χ0v) is 11.4. The van der Waals surface area contributed by atoms with E-state index in [1.165, 1.54) is 0 Å². The van der Waals surface area contributed by atoms with Crippen molar-refractivity contribution in [1.82, 2.24) is 10.1 Å². The molecule has 4 nitrogen and oxygen atoms in total. The van der Waals surface area contributed by atoms with E-state index in [1.54, 1.807) is 11.3 Å². The van der Waals surface area contributed by atoms with Gasteiger partial charge in [0.1, 0.15) is 0 Å². The molecule has 0 bridgehead atoms. The van der Waals surface area contributed by atoms with Crippen LogP contribution >= 0.6 is 27.3 Å². The van der Waals surface area contributed by atoms with E-state index in [9.17, 15) is 5.11 Å². The quantitative estimate of drug-likeness (QED) is 0.924. The summed E-state index contributed by atoms with van der Waals surface area (Å²) < 4.78 is 6.29. The highest BCUT2D eigenvalue weighted by atomic mass is 79.9. The summed E-state index contributed by atoms with van der Waals surface area (Å²) in [6.45, 7) is 0. The summed E-state index contributed by atoms with van der Waals surface area (Å²) in [6, 6.07) is 3.91. The van der Waals surface area contributed by atoms with Crippen LogP contribution in [0.25, 0.3) is 10.7 Å². The van der Waals surface area contributed by atoms with Gasteiger partial charge in [-0.2, -0.15) is 4.98 Å². The molecule has 2 heterocycles. The highest BCUT2D eigenvalue weighted by Crippen LogP contribution is 2.35. The van der Waals surface area contributed by atoms with Gasteiger partial charge in [-0.3, -0.25) is 0 Å². The van der Waals surface area contributed by atoms with E-state index in [1.807, 2.05) is 12.1 Å². The van der Waals surface area contributed by atoms with Gasteiger partial charge in [0.05, 0.1) is 20.7 Å². The van der Waals surface area contributed by atoms with E-state index in [4.69, 9.17) is 4.52 Å². The lowest BCUT2D eigenvalue weighted by Gasteiger charge is -2.07. The van der Waals surface area contributed by atoms with Crippen molar-refractivity contribution >= 4 is 27.3 Å². The fraction of sp³-hybridized carbons (Fsp3) is 0.455. The Bertz CT molecular complexity index is 525. The molecule has 2 aromatic heterocycles. The Morgan fingerprint density at radius 2 is 2.29 bits per heavy atom. The van der Waals surface area contributed by atoms with Crippen LogP contribution in [0.2, 0.25) is 0 Å². The van der Waals surface area contributed by atoms with Crippen LogP contribution in [0.4, 0.5) is 0 Å². The molecular formula is C11H11BrN2O2S. The molecule has 0 amide bonds. The van der Waals surface area contributed by atoms with Gasteiger partial charge in [0.25, 0.3) is 0 Å². The first-order valence-electron chi connectivity index (χ1n) is 5.51. The zero-order chi connectivity index (χ0) is 11.8. The number of thiophene rings is 1. The fourth-order valence-corrected chi connectivity index (χ4v) is 3.46. The summed E-state index contributed by atoms with van der Waals surface area (Å²) in [5, 5.41) is 13.8. The first-order chi connectivity index (χ1) is 8.24. The van der Waals surface area contributed by atoms with Crippen LogP contribution in [0.1, 0.15) is 31.1 Å². The third-order valence-electron chi connectivity index (χ3n) is 3.03. The van der Waals surface area contributed by atoms with Crippen LogP contribution in [-0.4, -0.2) is 21.4 Å². The summed E-state index contributed by atoms with van der Waals surface area (Å²) in [4.78, 5) is 5.35. The minimum absolute atomic E-state index is 0.0136. The summed E-state index contributed by atoms with van der Waals surface area (Å²) in [5.74, 6) is 1.18. The number of rotatable bonds is 2. The molecule has 1 aliphatic rings. The smallest absolute Gasteiger partial charge is 0.232 e. The average molecular weight is 315 g/mol. The highest BCUT2D eigenvalue weighted by molar-refractivity contribution is 9.11. The van der Waals surface area contributed by atoms with Gasteiger partial charge in [-0.25, -0.2) is 0 Å². The van der Waals surface area contributed by atoms with Crippen molar-refractivity contribution in [3.8, 4) is 10.7 Å². The molecule has 2 aromatic rings. The molecular weight excluding hydrogens is 304 g/mol. The minimum Gasteiger partial charge on any atom is -0.392 e. The predicted octanol–water partition coefficient (Wildman–Crippen LogP) is 3.19. The van der Waals surface area contributed by atoms with Gasteiger partial charge in [-0.15, -0.1) is 11.3 Å². The van der Waals surface area contributed by atoms with Gasteiger partial charge in [0, 0.05) is 0 Å². The molecule has 17 heavy (non-hydrogen) atoms. The third-order valence-corrected chi connectivity index (χ3v) is 4.65. The van der Waals surface area contributed by atoms with Crippen LogP contribution in [0, 0.1) is 0 Å². The van der Waals surface area contributed by atoms with E-state index in [0.29, 0.717) is 11.7 Å². The molecule has 1 aliphatic carbocycles. The van der Waals surface area contributed by atoms with Crippen LogP contribution in [0.15, 0.2) is 20.4 Å². The van der Waals surface area contributed by atoms with Gasteiger partial charge < -0.3 is 9.63 Å². The molecule has 0 saturated heterocycles. The Hall–Kier alpha value is -0.720. The Morgan fingerprint density at radius 3 is 2.94 bits per heavy atom. The fourth-order valence-electron chi connectivity index (χ4n) is 2.15. The molecule has 3 rings (SSSR count). The zero-order valence-electron chi connectivity index (χ0n) is 8.97. The molecule has 0 aromatic carbocycles. The van der Waals surface area contributed by atoms with Crippen molar-refractivity contribution in [2.45, 2.75) is 31.3 Å². The lowest BCUT2D eigenvalue weighted by molar-refractivity contribution is 0.148. The van der Waals surface area contributed by atoms with E-state index in [2.05, 4.69) is 26.1 Å². The number of aliphatic hydroxyl groups is 1. The highest BCUT2D eigenvalue weighted by Gasteiger charge is 2.31. The maximum Gasteiger partial charge on any atom is 0.232 e. The van der Waals surface area contributed by atoms with Crippen LogP contribution < -0.4 is 0 Å². The number of nitrogens with zero attached hydrogens (tertiary/aromatic N) is 2. The first kappa shape index (κ1) is 11.4. The summed E-state index contributed by atoms with van der Waals surface area (Å²) in [6.07, 6.45) is 2.44. The number of aromatic nitrogens is 2. The Kier molecular flexibility index (Phi) is 3.02. The second-order valence-corrected chi connectivity index (χ2v) is 6.63. The van der Waals surface area contributed by atoms with Crippen molar-refractivity contribution < 1.29 is 9.63 Å². The lowest BCUT2D eigenvalue weighted by Crippen LogP contribution is -2.11. The summed E-state index contributed by atoms with van der Waals surface area (Å²) in [5.41, 5.74) is 0. The van der Waals surface area contributed by atoms with Crippen molar-refractivity contribution in [1.29, 1.82) is 0 Å². The molecule has 2 atom stereocenters. The topological polar surface area (TPSA) is 59.2 Å². The van der Waals surface area contributed by atoms with Gasteiger partial charge in [-0.05, 0) is 47.3 Å². The molecule has 1 N–H and O–H groups in total. The van der Waals surface area contributed by atoms with Crippen LogP contribution in [0.5, 0.6) is 0 Å². The number of aliphatic hydroxyl groups excluding tert-OH is 1. The van der Waals surface area contributed by atoms with E-state index < -0.39 is 0 Å². The molecule has 2 unspecified atom stereocenters. The van der Waals surface area contributed by atoms with Crippen molar-refractivity contribution in [2.24, 2.45) is 0 Å². The molecule has 1 fully saturated rings. The molecule has 6 heteroatoms. The lowest BCUT2D eigenvalue weighted by atomic mass is 10.1. The van der Waals surface area contributed by atoms with Gasteiger partial charge in [0.2, 0.25) is 11.7 Å². The maximum absolute atomic E-state index is 9.79. The SMILES string of the molecule is OC1CCCC1c1nc(-c2ccc(Br)s2)no1. The van der Waals surface area contributed by atoms with Crippen molar-refractivity contribution in [3.63, 3.8) is 0 Å². The molecule has 1 saturated carbocycles. The maximum atomic E-state index is 9.79. The van der Waals surface area contributed by atoms with E-state index >= 15 is 0 Å².